The molecule has 0 spiro atoms. The molecule has 1 aliphatic rings. The SMILES string of the molecule is CCOc1cc(C2/C(=C(\O)c3cc(OC)ccc3OC)C(=O)C(=O)N2c2ccccc2OC)ccc1OC. The molecule has 1 fully saturated rings. The molecule has 3 aromatic rings. The number of Topliss-reactive ketones (excluding diaryl/α,β-unsaturated/α-hetero) is 1. The number of rotatable bonds is 9. The molecule has 9 nitrogen and oxygen atoms in total. The molecule has 9 heteroatoms. The first-order valence-corrected chi connectivity index (χ1v) is 11.9. The highest BCUT2D eigenvalue weighted by atomic mass is 16.5. The number of aliphatic hydroxyl groups excluding tert-OH is 1. The van der Waals surface area contributed by atoms with Gasteiger partial charge in [-0.1, -0.05) is 18.2 Å². The van der Waals surface area contributed by atoms with Crippen LogP contribution in [0.4, 0.5) is 5.69 Å². The third kappa shape index (κ3) is 4.58. The van der Waals surface area contributed by atoms with Gasteiger partial charge in [0.1, 0.15) is 23.0 Å². The molecule has 4 rings (SSSR count). The number of anilines is 1. The van der Waals surface area contributed by atoms with Crippen molar-refractivity contribution in [2.45, 2.75) is 13.0 Å². The monoisotopic (exact) mass is 519 g/mol. The van der Waals surface area contributed by atoms with Crippen molar-refractivity contribution in [1.82, 2.24) is 0 Å². The number of aliphatic hydroxyl groups is 1. The van der Waals surface area contributed by atoms with Gasteiger partial charge in [0.15, 0.2) is 11.5 Å². The van der Waals surface area contributed by atoms with E-state index in [2.05, 4.69) is 0 Å². The largest absolute Gasteiger partial charge is 0.507 e. The van der Waals surface area contributed by atoms with Crippen LogP contribution in [0.3, 0.4) is 0 Å². The van der Waals surface area contributed by atoms with Crippen LogP contribution < -0.4 is 28.6 Å². The zero-order chi connectivity index (χ0) is 27.4. The molecule has 1 heterocycles. The summed E-state index contributed by atoms with van der Waals surface area (Å²) in [5, 5.41) is 11.6. The average molecular weight is 520 g/mol. The highest BCUT2D eigenvalue weighted by molar-refractivity contribution is 6.52. The van der Waals surface area contributed by atoms with Gasteiger partial charge in [0.05, 0.1) is 57.9 Å². The maximum absolute atomic E-state index is 13.6. The molecular weight excluding hydrogens is 490 g/mol. The lowest BCUT2D eigenvalue weighted by Gasteiger charge is -2.27. The lowest BCUT2D eigenvalue weighted by atomic mass is 9.94. The summed E-state index contributed by atoms with van der Waals surface area (Å²) in [7, 11) is 5.93. The molecule has 1 aliphatic heterocycles. The van der Waals surface area contributed by atoms with Crippen LogP contribution in [0, 0.1) is 0 Å². The fraction of sp³-hybridized carbons (Fsp3) is 0.241. The molecule has 1 unspecified atom stereocenters. The van der Waals surface area contributed by atoms with Gasteiger partial charge in [-0.15, -0.1) is 0 Å². The van der Waals surface area contributed by atoms with Gasteiger partial charge in [-0.3, -0.25) is 14.5 Å². The van der Waals surface area contributed by atoms with Gasteiger partial charge in [-0.2, -0.15) is 0 Å². The Morgan fingerprint density at radius 1 is 0.816 bits per heavy atom. The van der Waals surface area contributed by atoms with Crippen LogP contribution in [0.15, 0.2) is 66.2 Å². The van der Waals surface area contributed by atoms with E-state index in [1.54, 1.807) is 60.7 Å². The molecule has 0 aliphatic carbocycles. The Balaban J connectivity index is 2.03. The Bertz CT molecular complexity index is 1400. The summed E-state index contributed by atoms with van der Waals surface area (Å²) >= 11 is 0. The van der Waals surface area contributed by atoms with Gasteiger partial charge in [-0.05, 0) is 55.0 Å². The molecular formula is C29H29NO8. The number of benzene rings is 3. The van der Waals surface area contributed by atoms with E-state index in [9.17, 15) is 14.7 Å². The molecule has 1 atom stereocenters. The Morgan fingerprint density at radius 2 is 1.50 bits per heavy atom. The molecule has 38 heavy (non-hydrogen) atoms. The lowest BCUT2D eigenvalue weighted by Crippen LogP contribution is -2.29. The minimum absolute atomic E-state index is 0.125. The van der Waals surface area contributed by atoms with Gasteiger partial charge in [0.2, 0.25) is 0 Å². The molecule has 198 valence electrons. The topological polar surface area (TPSA) is 104 Å². The lowest BCUT2D eigenvalue weighted by molar-refractivity contribution is -0.132. The maximum atomic E-state index is 13.6. The zero-order valence-electron chi connectivity index (χ0n) is 21.8. The number of hydrogen-bond acceptors (Lipinski definition) is 8. The molecule has 3 aromatic carbocycles. The van der Waals surface area contributed by atoms with Crippen molar-refractivity contribution in [2.24, 2.45) is 0 Å². The maximum Gasteiger partial charge on any atom is 0.300 e. The number of ketones is 1. The van der Waals surface area contributed by atoms with Crippen LogP contribution in [0.2, 0.25) is 0 Å². The molecule has 0 aromatic heterocycles. The summed E-state index contributed by atoms with van der Waals surface area (Å²) in [6.07, 6.45) is 0. The van der Waals surface area contributed by atoms with E-state index < -0.39 is 23.5 Å². The second-order valence-electron chi connectivity index (χ2n) is 8.25. The number of carbonyl (C=O) groups is 2. The Hall–Kier alpha value is -4.66. The summed E-state index contributed by atoms with van der Waals surface area (Å²) in [5.41, 5.74) is 0.962. The zero-order valence-corrected chi connectivity index (χ0v) is 21.8. The second kappa shape index (κ2) is 11.2. The minimum atomic E-state index is -1.02. The summed E-state index contributed by atoms with van der Waals surface area (Å²) in [5.74, 6) is -0.0569. The normalized spacial score (nSPS) is 16.3. The molecule has 0 saturated carbocycles. The number of amides is 1. The van der Waals surface area contributed by atoms with E-state index >= 15 is 0 Å². The van der Waals surface area contributed by atoms with Crippen LogP contribution in [-0.4, -0.2) is 51.8 Å². The van der Waals surface area contributed by atoms with Crippen molar-refractivity contribution in [3.63, 3.8) is 0 Å². The van der Waals surface area contributed by atoms with Crippen molar-refractivity contribution in [1.29, 1.82) is 0 Å². The quantitative estimate of drug-likeness (QED) is 0.246. The van der Waals surface area contributed by atoms with Crippen molar-refractivity contribution < 1.29 is 38.4 Å². The number of nitrogens with zero attached hydrogens (tertiary/aromatic N) is 1. The van der Waals surface area contributed by atoms with Gasteiger partial charge < -0.3 is 28.8 Å². The third-order valence-corrected chi connectivity index (χ3v) is 6.25. The summed E-state index contributed by atoms with van der Waals surface area (Å²) < 4.78 is 27.4. The van der Waals surface area contributed by atoms with E-state index in [1.165, 1.54) is 33.3 Å². The van der Waals surface area contributed by atoms with Crippen molar-refractivity contribution in [3.8, 4) is 28.7 Å². The van der Waals surface area contributed by atoms with E-state index in [0.717, 1.165) is 0 Å². The minimum Gasteiger partial charge on any atom is -0.507 e. The van der Waals surface area contributed by atoms with Gasteiger partial charge in [0.25, 0.3) is 11.7 Å². The van der Waals surface area contributed by atoms with Crippen LogP contribution in [-0.2, 0) is 9.59 Å². The first-order chi connectivity index (χ1) is 18.4. The van der Waals surface area contributed by atoms with Crippen LogP contribution in [0.25, 0.3) is 5.76 Å². The fourth-order valence-electron chi connectivity index (χ4n) is 4.50. The predicted molar refractivity (Wildman–Crippen MR) is 141 cm³/mol. The third-order valence-electron chi connectivity index (χ3n) is 6.25. The predicted octanol–water partition coefficient (Wildman–Crippen LogP) is 4.75. The van der Waals surface area contributed by atoms with Crippen molar-refractivity contribution in [3.05, 3.63) is 77.4 Å². The smallest absolute Gasteiger partial charge is 0.300 e. The Morgan fingerprint density at radius 3 is 2.16 bits per heavy atom. The van der Waals surface area contributed by atoms with E-state index in [4.69, 9.17) is 23.7 Å². The van der Waals surface area contributed by atoms with Gasteiger partial charge in [0, 0.05) is 0 Å². The highest BCUT2D eigenvalue weighted by Gasteiger charge is 2.48. The van der Waals surface area contributed by atoms with E-state index in [0.29, 0.717) is 46.6 Å². The molecule has 0 radical (unpaired) electrons. The molecule has 1 amide bonds. The van der Waals surface area contributed by atoms with Gasteiger partial charge >= 0.3 is 0 Å². The summed E-state index contributed by atoms with van der Waals surface area (Å²) in [4.78, 5) is 28.5. The number of para-hydroxylation sites is 2. The molecule has 0 bridgehead atoms. The van der Waals surface area contributed by atoms with Crippen LogP contribution in [0.5, 0.6) is 28.7 Å². The second-order valence-corrected chi connectivity index (χ2v) is 8.25. The first-order valence-electron chi connectivity index (χ1n) is 11.9. The number of methoxy groups -OCH3 is 4. The first kappa shape index (κ1) is 26.4. The number of ether oxygens (including phenoxy) is 5. The van der Waals surface area contributed by atoms with E-state index in [-0.39, 0.29) is 11.1 Å². The summed E-state index contributed by atoms with van der Waals surface area (Å²) in [6.45, 7) is 2.20. The van der Waals surface area contributed by atoms with Crippen molar-refractivity contribution in [2.75, 3.05) is 39.9 Å². The van der Waals surface area contributed by atoms with Crippen LogP contribution >= 0.6 is 0 Å². The van der Waals surface area contributed by atoms with Crippen molar-refractivity contribution >= 4 is 23.1 Å². The standard InChI is InChI=1S/C29H29NO8/c1-6-38-24-15-17(11-13-23(24)37-5)26-25(27(31)19-16-18(34-2)12-14-21(19)35-3)28(32)29(33)30(26)20-9-7-8-10-22(20)36-4/h7-16,26,31H,6H2,1-5H3/b27-25+. The average Bonchev–Trinajstić information content (AvgIpc) is 3.22. The fourth-order valence-corrected chi connectivity index (χ4v) is 4.50. The summed E-state index contributed by atoms with van der Waals surface area (Å²) in [6, 6.07) is 15.8. The van der Waals surface area contributed by atoms with Crippen LogP contribution in [0.1, 0.15) is 24.1 Å². The number of carbonyl (C=O) groups excluding carboxylic acids is 2. The molecule has 1 N–H and O–H groups in total. The molecule has 1 saturated heterocycles. The highest BCUT2D eigenvalue weighted by Crippen LogP contribution is 2.47. The number of hydrogen-bond donors (Lipinski definition) is 1. The Kier molecular flexibility index (Phi) is 7.76. The van der Waals surface area contributed by atoms with Gasteiger partial charge in [-0.25, -0.2) is 0 Å². The van der Waals surface area contributed by atoms with E-state index in [1.807, 2.05) is 6.92 Å². The Labute approximate surface area is 220 Å².